The summed E-state index contributed by atoms with van der Waals surface area (Å²) in [5.74, 6) is -0.640. The minimum Gasteiger partial charge on any atom is -0.481 e. The molecule has 1 aliphatic heterocycles. The van der Waals surface area contributed by atoms with E-state index in [1.807, 2.05) is 6.92 Å². The molecule has 0 bridgehead atoms. The van der Waals surface area contributed by atoms with E-state index in [4.69, 9.17) is 33.7 Å². The second kappa shape index (κ2) is 11.2. The van der Waals surface area contributed by atoms with Crippen LogP contribution in [-0.4, -0.2) is 42.1 Å². The first-order chi connectivity index (χ1) is 17.2. The smallest absolute Gasteiger partial charge is 0.303 e. The molecule has 186 valence electrons. The van der Waals surface area contributed by atoms with Crippen molar-refractivity contribution in [2.24, 2.45) is 0 Å². The molecule has 1 fully saturated rings. The number of hydrogen-bond acceptors (Lipinski definition) is 7. The lowest BCUT2D eigenvalue weighted by molar-refractivity contribution is -0.137. The lowest BCUT2D eigenvalue weighted by Gasteiger charge is -2.14. The Kier molecular flexibility index (Phi) is 8.07. The van der Waals surface area contributed by atoms with E-state index < -0.39 is 5.97 Å². The highest BCUT2D eigenvalue weighted by Gasteiger charge is 2.32. The minimum absolute atomic E-state index is 0.0619. The van der Waals surface area contributed by atoms with Crippen LogP contribution in [0.4, 0.5) is 0 Å². The molecule has 0 aliphatic carbocycles. The summed E-state index contributed by atoms with van der Waals surface area (Å²) in [5, 5.41) is 9.35. The Morgan fingerprint density at radius 3 is 2.78 bits per heavy atom. The topological polar surface area (TPSA) is 101 Å². The fourth-order valence-corrected chi connectivity index (χ4v) is 5.03. The number of carboxylic acids is 1. The lowest BCUT2D eigenvalue weighted by atomic mass is 10.2. The highest BCUT2D eigenvalue weighted by molar-refractivity contribution is 8.26. The third-order valence-corrected chi connectivity index (χ3v) is 7.30. The van der Waals surface area contributed by atoms with Gasteiger partial charge in [0, 0.05) is 24.2 Å². The van der Waals surface area contributed by atoms with E-state index in [0.717, 1.165) is 17.3 Å². The summed E-state index contributed by atoms with van der Waals surface area (Å²) in [7, 11) is 0. The number of halogens is 1. The maximum atomic E-state index is 13.4. The first-order valence-electron chi connectivity index (χ1n) is 11.2. The first kappa shape index (κ1) is 25.9. The van der Waals surface area contributed by atoms with Crippen LogP contribution in [0.15, 0.2) is 52.3 Å². The van der Waals surface area contributed by atoms with Crippen molar-refractivity contribution in [1.29, 1.82) is 0 Å². The summed E-state index contributed by atoms with van der Waals surface area (Å²) >= 11 is 12.6. The van der Waals surface area contributed by atoms with E-state index in [1.165, 1.54) is 15.4 Å². The number of unbranched alkanes of at least 4 members (excludes halogenated alkanes) is 2. The fraction of sp³-hybridized carbons (Fsp3) is 0.240. The zero-order valence-electron chi connectivity index (χ0n) is 19.3. The molecule has 11 heteroatoms. The molecule has 8 nitrogen and oxygen atoms in total. The second-order valence-corrected chi connectivity index (χ2v) is 10.2. The van der Waals surface area contributed by atoms with E-state index in [0.29, 0.717) is 46.5 Å². The number of benzene rings is 1. The van der Waals surface area contributed by atoms with E-state index in [9.17, 15) is 14.4 Å². The van der Waals surface area contributed by atoms with Gasteiger partial charge in [0.15, 0.2) is 0 Å². The lowest BCUT2D eigenvalue weighted by Crippen LogP contribution is -2.29. The van der Waals surface area contributed by atoms with Crippen LogP contribution in [0.2, 0.25) is 5.02 Å². The van der Waals surface area contributed by atoms with Crippen molar-refractivity contribution in [3.63, 3.8) is 0 Å². The number of thiocarbonyl (C=S) groups is 1. The van der Waals surface area contributed by atoms with Gasteiger partial charge in [0.25, 0.3) is 11.5 Å². The van der Waals surface area contributed by atoms with E-state index in [2.05, 4.69) is 4.98 Å². The van der Waals surface area contributed by atoms with Crippen LogP contribution in [0, 0.1) is 6.92 Å². The van der Waals surface area contributed by atoms with E-state index in [1.54, 1.807) is 42.6 Å². The quantitative estimate of drug-likeness (QED) is 0.220. The van der Waals surface area contributed by atoms with Crippen molar-refractivity contribution in [2.75, 3.05) is 6.54 Å². The fourth-order valence-electron chi connectivity index (χ4n) is 3.62. The summed E-state index contributed by atoms with van der Waals surface area (Å²) in [6.07, 6.45) is 4.98. The van der Waals surface area contributed by atoms with Gasteiger partial charge in [-0.1, -0.05) is 48.1 Å². The maximum Gasteiger partial charge on any atom is 0.303 e. The van der Waals surface area contributed by atoms with Crippen molar-refractivity contribution < 1.29 is 19.4 Å². The number of carbonyl (C=O) groups excluding carboxylic acids is 1. The highest BCUT2D eigenvalue weighted by Crippen LogP contribution is 2.34. The summed E-state index contributed by atoms with van der Waals surface area (Å²) in [6.45, 7) is 2.22. The molecule has 4 rings (SSSR count). The molecule has 3 aromatic rings. The largest absolute Gasteiger partial charge is 0.481 e. The third-order valence-electron chi connectivity index (χ3n) is 5.50. The van der Waals surface area contributed by atoms with Gasteiger partial charge < -0.3 is 9.84 Å². The Balaban J connectivity index is 1.65. The van der Waals surface area contributed by atoms with Gasteiger partial charge in [0.2, 0.25) is 5.88 Å². The van der Waals surface area contributed by atoms with Gasteiger partial charge >= 0.3 is 5.97 Å². The number of aromatic nitrogens is 2. The molecule has 0 radical (unpaired) electrons. The van der Waals surface area contributed by atoms with Crippen molar-refractivity contribution >= 4 is 63.5 Å². The summed E-state index contributed by atoms with van der Waals surface area (Å²) in [6, 6.07) is 10.3. The van der Waals surface area contributed by atoms with Crippen molar-refractivity contribution in [1.82, 2.24) is 14.3 Å². The Morgan fingerprint density at radius 2 is 2.03 bits per heavy atom. The Labute approximate surface area is 221 Å². The monoisotopic (exact) mass is 543 g/mol. The molecule has 1 aromatic carbocycles. The number of fused-ring (bicyclic) bond motifs is 1. The number of hydrogen-bond donors (Lipinski definition) is 1. The zero-order chi connectivity index (χ0) is 25.8. The standard InChI is InChI=1S/C25H22ClN3O5S2/c1-15-13-16(9-10-18(15)26)34-22-17(23(32)28-11-6-4-7-20(28)27-22)14-19-24(33)29(25(35)36-19)12-5-2-3-8-21(30)31/h4,6-7,9-11,13-14H,2-3,5,8,12H2,1H3,(H,30,31)/b19-14+. The van der Waals surface area contributed by atoms with Crippen LogP contribution in [0.25, 0.3) is 11.7 Å². The molecule has 1 N–H and O–H groups in total. The highest BCUT2D eigenvalue weighted by atomic mass is 35.5. The van der Waals surface area contributed by atoms with Crippen LogP contribution >= 0.6 is 35.6 Å². The summed E-state index contributed by atoms with van der Waals surface area (Å²) in [4.78, 5) is 43.4. The third kappa shape index (κ3) is 5.77. The van der Waals surface area contributed by atoms with Gasteiger partial charge in [-0.05, 0) is 61.7 Å². The SMILES string of the molecule is Cc1cc(Oc2nc3ccccn3c(=O)c2/C=C2/SC(=S)N(CCCCCC(=O)O)C2=O)ccc1Cl. The predicted molar refractivity (Wildman–Crippen MR) is 144 cm³/mol. The van der Waals surface area contributed by atoms with Gasteiger partial charge in [-0.15, -0.1) is 0 Å². The number of carboxylic acid groups (broad SMARTS) is 1. The first-order valence-corrected chi connectivity index (χ1v) is 12.8. The molecule has 2 aromatic heterocycles. The molecule has 1 saturated heterocycles. The van der Waals surface area contributed by atoms with Gasteiger partial charge in [0.1, 0.15) is 21.3 Å². The van der Waals surface area contributed by atoms with Crippen molar-refractivity contribution in [3.05, 3.63) is 74.0 Å². The van der Waals surface area contributed by atoms with Gasteiger partial charge in [0.05, 0.1) is 4.91 Å². The second-order valence-electron chi connectivity index (χ2n) is 8.12. The Bertz CT molecular complexity index is 1450. The van der Waals surface area contributed by atoms with Crippen LogP contribution in [-0.2, 0) is 9.59 Å². The number of nitrogens with zero attached hydrogens (tertiary/aromatic N) is 3. The number of thioether (sulfide) groups is 1. The Hall–Kier alpha value is -3.21. The van der Waals surface area contributed by atoms with Crippen LogP contribution in [0.1, 0.15) is 36.8 Å². The number of pyridine rings is 1. The Morgan fingerprint density at radius 1 is 1.22 bits per heavy atom. The molecule has 3 heterocycles. The molecule has 0 saturated carbocycles. The molecule has 0 unspecified atom stereocenters. The molecule has 1 amide bonds. The number of rotatable bonds is 9. The molecular weight excluding hydrogens is 522 g/mol. The number of amides is 1. The van der Waals surface area contributed by atoms with Crippen LogP contribution < -0.4 is 10.3 Å². The van der Waals surface area contributed by atoms with Crippen LogP contribution in [0.5, 0.6) is 11.6 Å². The number of aryl methyl sites for hydroxylation is 1. The van der Waals surface area contributed by atoms with Crippen molar-refractivity contribution in [2.45, 2.75) is 32.6 Å². The summed E-state index contributed by atoms with van der Waals surface area (Å²) in [5.41, 5.74) is 0.931. The maximum absolute atomic E-state index is 13.4. The molecule has 36 heavy (non-hydrogen) atoms. The predicted octanol–water partition coefficient (Wildman–Crippen LogP) is 5.29. The van der Waals surface area contributed by atoms with Gasteiger partial charge in [-0.25, -0.2) is 0 Å². The molecular formula is C25H22ClN3O5S2. The number of ether oxygens (including phenoxy) is 1. The van der Waals surface area contributed by atoms with E-state index >= 15 is 0 Å². The average molecular weight is 544 g/mol. The van der Waals surface area contributed by atoms with E-state index in [-0.39, 0.29) is 34.2 Å². The minimum atomic E-state index is -0.842. The van der Waals surface area contributed by atoms with Gasteiger partial charge in [-0.2, -0.15) is 4.98 Å². The van der Waals surface area contributed by atoms with Crippen molar-refractivity contribution in [3.8, 4) is 11.6 Å². The normalized spacial score (nSPS) is 14.7. The molecule has 1 aliphatic rings. The number of carbonyl (C=O) groups is 2. The number of aliphatic carboxylic acids is 1. The van der Waals surface area contributed by atoms with Gasteiger partial charge in [-0.3, -0.25) is 23.7 Å². The zero-order valence-corrected chi connectivity index (χ0v) is 21.7. The van der Waals surface area contributed by atoms with Crippen LogP contribution in [0.3, 0.4) is 0 Å². The average Bonchev–Trinajstić information content (AvgIpc) is 3.10. The molecule has 0 atom stereocenters. The summed E-state index contributed by atoms with van der Waals surface area (Å²) < 4.78 is 7.77. The molecule has 0 spiro atoms.